The molecule has 3 aromatic carbocycles. The average Bonchev–Trinajstić information content (AvgIpc) is 2.90. The number of nitrogens with zero attached hydrogens (tertiary/aromatic N) is 2. The maximum absolute atomic E-state index is 13.5. The Balaban J connectivity index is 1.84. The van der Waals surface area contributed by atoms with E-state index >= 15 is 0 Å². The Morgan fingerprint density at radius 3 is 2.11 bits per heavy atom. The summed E-state index contributed by atoms with van der Waals surface area (Å²) < 4.78 is 32.2. The van der Waals surface area contributed by atoms with Gasteiger partial charge in [-0.25, -0.2) is 8.42 Å². The highest BCUT2D eigenvalue weighted by Gasteiger charge is 2.30. The predicted octanol–water partition coefficient (Wildman–Crippen LogP) is 4.50. The van der Waals surface area contributed by atoms with Crippen molar-refractivity contribution in [1.82, 2.24) is 10.2 Å². The minimum Gasteiger partial charge on any atom is -0.489 e. The monoisotopic (exact) mass is 577 g/mol. The zero-order chi connectivity index (χ0) is 27.9. The van der Waals surface area contributed by atoms with Gasteiger partial charge in [-0.15, -0.1) is 0 Å². The van der Waals surface area contributed by atoms with E-state index in [1.165, 1.54) is 11.9 Å². The molecule has 0 aromatic heterocycles. The SMILES string of the molecule is CNC(=O)[C@H](C)N(Cc1c(Cl)cccc1Cl)C(=O)CN(c1ccc(OCc2ccccc2)cc1)S(C)(=O)=O. The topological polar surface area (TPSA) is 96.0 Å². The molecule has 11 heteroatoms. The quantitative estimate of drug-likeness (QED) is 0.362. The van der Waals surface area contributed by atoms with Crippen LogP contribution in [0.15, 0.2) is 72.8 Å². The van der Waals surface area contributed by atoms with Crippen molar-refractivity contribution in [2.75, 3.05) is 24.2 Å². The van der Waals surface area contributed by atoms with Crippen molar-refractivity contribution in [2.24, 2.45) is 0 Å². The first-order valence-electron chi connectivity index (χ1n) is 11.7. The first-order valence-corrected chi connectivity index (χ1v) is 14.3. The van der Waals surface area contributed by atoms with Crippen LogP contribution < -0.4 is 14.4 Å². The van der Waals surface area contributed by atoms with Gasteiger partial charge in [-0.3, -0.25) is 13.9 Å². The summed E-state index contributed by atoms with van der Waals surface area (Å²) in [6, 6.07) is 20.0. The molecule has 0 saturated carbocycles. The molecule has 0 aliphatic rings. The smallest absolute Gasteiger partial charge is 0.244 e. The zero-order valence-electron chi connectivity index (χ0n) is 21.2. The van der Waals surface area contributed by atoms with Gasteiger partial charge in [-0.1, -0.05) is 59.6 Å². The summed E-state index contributed by atoms with van der Waals surface area (Å²) in [6.45, 7) is 1.28. The largest absolute Gasteiger partial charge is 0.489 e. The normalized spacial score (nSPS) is 11.9. The summed E-state index contributed by atoms with van der Waals surface area (Å²) in [5.74, 6) is -0.486. The average molecular weight is 579 g/mol. The van der Waals surface area contributed by atoms with E-state index in [1.807, 2.05) is 30.3 Å². The second-order valence-corrected chi connectivity index (χ2v) is 11.3. The molecule has 0 saturated heterocycles. The number of hydrogen-bond acceptors (Lipinski definition) is 5. The lowest BCUT2D eigenvalue weighted by molar-refractivity contribution is -0.139. The molecule has 0 heterocycles. The molecular weight excluding hydrogens is 549 g/mol. The number of amides is 2. The Hall–Kier alpha value is -3.27. The Kier molecular flexibility index (Phi) is 10.0. The van der Waals surface area contributed by atoms with Crippen LogP contribution in [-0.2, 0) is 32.8 Å². The first-order chi connectivity index (χ1) is 18.0. The van der Waals surface area contributed by atoms with Gasteiger partial charge in [0, 0.05) is 29.2 Å². The van der Waals surface area contributed by atoms with Crippen molar-refractivity contribution >= 4 is 50.7 Å². The van der Waals surface area contributed by atoms with Gasteiger partial charge < -0.3 is 15.0 Å². The molecule has 0 unspecified atom stereocenters. The molecule has 3 rings (SSSR count). The van der Waals surface area contributed by atoms with Gasteiger partial charge >= 0.3 is 0 Å². The van der Waals surface area contributed by atoms with Gasteiger partial charge in [0.1, 0.15) is 24.9 Å². The Morgan fingerprint density at radius 1 is 0.947 bits per heavy atom. The van der Waals surface area contributed by atoms with Crippen LogP contribution in [0.3, 0.4) is 0 Å². The first kappa shape index (κ1) is 29.3. The standard InChI is InChI=1S/C27H29Cl2N3O5S/c1-19(27(34)30-2)31(16-23-24(28)10-7-11-25(23)29)26(33)17-32(38(3,35)36)21-12-14-22(15-13-21)37-18-20-8-5-4-6-9-20/h4-15,19H,16-18H2,1-3H3,(H,30,34)/t19-/m0/s1. The predicted molar refractivity (Wildman–Crippen MR) is 150 cm³/mol. The van der Waals surface area contributed by atoms with Gasteiger partial charge in [0.05, 0.1) is 11.9 Å². The number of nitrogens with one attached hydrogen (secondary N) is 1. The van der Waals surface area contributed by atoms with Crippen LogP contribution in [0.5, 0.6) is 5.75 Å². The molecule has 0 aliphatic carbocycles. The second-order valence-electron chi connectivity index (χ2n) is 8.55. The van der Waals surface area contributed by atoms with Gasteiger partial charge in [0.25, 0.3) is 0 Å². The Bertz CT molecular complexity index is 1350. The van der Waals surface area contributed by atoms with Gasteiger partial charge in [-0.05, 0) is 48.9 Å². The zero-order valence-corrected chi connectivity index (χ0v) is 23.6. The van der Waals surface area contributed by atoms with Crippen LogP contribution in [0.4, 0.5) is 5.69 Å². The van der Waals surface area contributed by atoms with E-state index in [0.717, 1.165) is 16.1 Å². The number of benzene rings is 3. The van der Waals surface area contributed by atoms with E-state index in [0.29, 0.717) is 28.0 Å². The summed E-state index contributed by atoms with van der Waals surface area (Å²) in [6.07, 6.45) is 1.01. The number of carbonyl (C=O) groups excluding carboxylic acids is 2. The summed E-state index contributed by atoms with van der Waals surface area (Å²) in [5.41, 5.74) is 1.71. The number of ether oxygens (including phenoxy) is 1. The molecule has 38 heavy (non-hydrogen) atoms. The number of halogens is 2. The van der Waals surface area contributed by atoms with Crippen molar-refractivity contribution in [2.45, 2.75) is 26.1 Å². The third-order valence-corrected chi connectivity index (χ3v) is 7.70. The minimum absolute atomic E-state index is 0.0875. The van der Waals surface area contributed by atoms with E-state index < -0.39 is 34.4 Å². The molecule has 8 nitrogen and oxygen atoms in total. The van der Waals surface area contributed by atoms with Crippen molar-refractivity contribution in [3.05, 3.63) is 94.0 Å². The number of hydrogen-bond donors (Lipinski definition) is 1. The molecule has 0 bridgehead atoms. The van der Waals surface area contributed by atoms with E-state index in [4.69, 9.17) is 27.9 Å². The van der Waals surface area contributed by atoms with Crippen LogP contribution in [0.25, 0.3) is 0 Å². The Labute approximate surface area is 233 Å². The number of carbonyl (C=O) groups is 2. The summed E-state index contributed by atoms with van der Waals surface area (Å²) in [5, 5.41) is 3.16. The maximum atomic E-state index is 13.5. The summed E-state index contributed by atoms with van der Waals surface area (Å²) in [4.78, 5) is 27.2. The number of sulfonamides is 1. The third kappa shape index (κ3) is 7.63. The van der Waals surface area contributed by atoms with Crippen molar-refractivity contribution < 1.29 is 22.7 Å². The van der Waals surface area contributed by atoms with Gasteiger partial charge in [0.15, 0.2) is 0 Å². The molecule has 1 atom stereocenters. The number of anilines is 1. The molecule has 0 fully saturated rings. The number of rotatable bonds is 11. The van der Waals surface area contributed by atoms with E-state index in [2.05, 4.69) is 5.32 Å². The lowest BCUT2D eigenvalue weighted by atomic mass is 10.1. The summed E-state index contributed by atoms with van der Waals surface area (Å²) in [7, 11) is -2.41. The lowest BCUT2D eigenvalue weighted by Gasteiger charge is -2.31. The van der Waals surface area contributed by atoms with Crippen molar-refractivity contribution in [1.29, 1.82) is 0 Å². The van der Waals surface area contributed by atoms with Crippen LogP contribution in [0.2, 0.25) is 10.0 Å². The fraction of sp³-hybridized carbons (Fsp3) is 0.259. The molecule has 202 valence electrons. The van der Waals surface area contributed by atoms with Crippen LogP contribution >= 0.6 is 23.2 Å². The third-order valence-electron chi connectivity index (χ3n) is 5.86. The van der Waals surface area contributed by atoms with Crippen LogP contribution in [0, 0.1) is 0 Å². The Morgan fingerprint density at radius 2 is 1.55 bits per heavy atom. The van der Waals surface area contributed by atoms with Gasteiger partial charge in [0.2, 0.25) is 21.8 Å². The van der Waals surface area contributed by atoms with Crippen LogP contribution in [0.1, 0.15) is 18.1 Å². The fourth-order valence-electron chi connectivity index (χ4n) is 3.71. The summed E-state index contributed by atoms with van der Waals surface area (Å²) >= 11 is 12.6. The van der Waals surface area contributed by atoms with E-state index in [-0.39, 0.29) is 12.2 Å². The highest BCUT2D eigenvalue weighted by atomic mass is 35.5. The highest BCUT2D eigenvalue weighted by Crippen LogP contribution is 2.27. The molecule has 3 aromatic rings. The molecule has 0 aliphatic heterocycles. The maximum Gasteiger partial charge on any atom is 0.244 e. The highest BCUT2D eigenvalue weighted by molar-refractivity contribution is 7.92. The molecule has 2 amide bonds. The van der Waals surface area contributed by atoms with E-state index in [9.17, 15) is 18.0 Å². The molecule has 1 N–H and O–H groups in total. The lowest BCUT2D eigenvalue weighted by Crippen LogP contribution is -2.50. The molecular formula is C27H29Cl2N3O5S. The molecule has 0 spiro atoms. The van der Waals surface area contributed by atoms with Gasteiger partial charge in [-0.2, -0.15) is 0 Å². The van der Waals surface area contributed by atoms with Crippen molar-refractivity contribution in [3.8, 4) is 5.75 Å². The minimum atomic E-state index is -3.86. The molecule has 0 radical (unpaired) electrons. The van der Waals surface area contributed by atoms with Crippen molar-refractivity contribution in [3.63, 3.8) is 0 Å². The van der Waals surface area contributed by atoms with Crippen LogP contribution in [-0.4, -0.2) is 51.0 Å². The fourth-order valence-corrected chi connectivity index (χ4v) is 5.08. The number of likely N-dealkylation sites (N-methyl/N-ethyl adjacent to an activating group) is 1. The second kappa shape index (κ2) is 13.0. The van der Waals surface area contributed by atoms with E-state index in [1.54, 1.807) is 49.4 Å².